The van der Waals surface area contributed by atoms with Crippen molar-refractivity contribution in [3.05, 3.63) is 131 Å². The predicted octanol–water partition coefficient (Wildman–Crippen LogP) is 12.1. The van der Waals surface area contributed by atoms with Crippen molar-refractivity contribution in [2.24, 2.45) is 46.8 Å². The summed E-state index contributed by atoms with van der Waals surface area (Å²) in [5.41, 5.74) is 5.72. The highest BCUT2D eigenvalue weighted by molar-refractivity contribution is 7.86. The summed E-state index contributed by atoms with van der Waals surface area (Å²) in [5.74, 6) is 5.21. The van der Waals surface area contributed by atoms with E-state index in [0.717, 1.165) is 5.01 Å². The van der Waals surface area contributed by atoms with E-state index in [1.54, 1.807) is 113 Å². The number of nitrogens with zero attached hydrogens (tertiary/aromatic N) is 9. The van der Waals surface area contributed by atoms with Gasteiger partial charge in [0.2, 0.25) is 0 Å². The average molecular weight is 1250 g/mol. The lowest BCUT2D eigenvalue weighted by molar-refractivity contribution is 0.256. The van der Waals surface area contributed by atoms with Crippen molar-refractivity contribution in [1.82, 2.24) is 0 Å². The summed E-state index contributed by atoms with van der Waals surface area (Å²) in [7, 11) is -16.9. The molecule has 0 bridgehead atoms. The number of hydrogen-bond acceptors (Lipinski definition) is 22. The lowest BCUT2D eigenvalue weighted by Gasteiger charge is -2.23. The van der Waals surface area contributed by atoms with Gasteiger partial charge in [0.1, 0.15) is 28.7 Å². The van der Waals surface area contributed by atoms with Gasteiger partial charge in [-0.1, -0.05) is 12.1 Å². The Morgan fingerprint density at radius 3 is 1.20 bits per heavy atom. The van der Waals surface area contributed by atoms with Crippen molar-refractivity contribution in [2.45, 2.75) is 53.4 Å². The zero-order valence-electron chi connectivity index (χ0n) is 46.2. The van der Waals surface area contributed by atoms with Crippen LogP contribution in [-0.4, -0.2) is 107 Å². The molecule has 0 aliphatic carbocycles. The Morgan fingerprint density at radius 2 is 0.788 bits per heavy atom. The minimum Gasteiger partial charge on any atom is -0.493 e. The number of amides is 2. The molecule has 2 amide bonds. The predicted molar refractivity (Wildman–Crippen MR) is 316 cm³/mol. The van der Waals surface area contributed by atoms with Crippen molar-refractivity contribution in [1.29, 1.82) is 0 Å². The van der Waals surface area contributed by atoms with Gasteiger partial charge in [0.25, 0.3) is 40.5 Å². The normalized spacial score (nSPS) is 12.4. The number of nitrogens with two attached hydrogens (primary N) is 1. The number of rotatable bonds is 30. The standard InChI is InChI=1S/C53H61N11O17S4/c1-35-27-41(15-17-45(35)60-56-39-11-5-13-43(31-39)78-19-7-23-82(66,67)68)58-62-47-33-51(80-21-9-25-84(72,73)74)49(29-37(47)3)55-53(65)64(54)50-30-38(4)48(34-52(50)81-22-10-26-85(75,76)77)63-59-42-16-18-46(36(2)28-42)61-57-40-12-6-14-44(32-40)79-20-8-24-83(69,70)71/h5-6,11-18,27-34H,7-10,19-26,54H2,1-4H3,(H,55,65)(H,66,67,68)(H,69,70,71)(H,72,73,74)(H,75,76,77). The second kappa shape index (κ2) is 30.0. The third-order valence-electron chi connectivity index (χ3n) is 11.6. The van der Waals surface area contributed by atoms with Crippen LogP contribution in [0.25, 0.3) is 0 Å². The Morgan fingerprint density at radius 1 is 0.435 bits per heavy atom. The van der Waals surface area contributed by atoms with E-state index in [4.69, 9.17) is 33.9 Å². The first kappa shape index (κ1) is 65.9. The molecule has 0 atom stereocenters. The average Bonchev–Trinajstić information content (AvgIpc) is 2.24. The van der Waals surface area contributed by atoms with E-state index in [1.165, 1.54) is 24.3 Å². The van der Waals surface area contributed by atoms with Gasteiger partial charge in [-0.15, -0.1) is 0 Å². The second-order valence-corrected chi connectivity index (χ2v) is 25.0. The molecule has 0 aliphatic rings. The maximum atomic E-state index is 14.1. The molecule has 0 spiro atoms. The van der Waals surface area contributed by atoms with Crippen LogP contribution in [-0.2, 0) is 40.5 Å². The summed E-state index contributed by atoms with van der Waals surface area (Å²) >= 11 is 0. The monoisotopic (exact) mass is 1250 g/mol. The van der Waals surface area contributed by atoms with Crippen LogP contribution in [0, 0.1) is 27.7 Å². The first-order chi connectivity index (χ1) is 40.1. The van der Waals surface area contributed by atoms with Crippen LogP contribution < -0.4 is 35.1 Å². The lowest BCUT2D eigenvalue weighted by Crippen LogP contribution is -2.41. The Labute approximate surface area is 490 Å². The first-order valence-corrected chi connectivity index (χ1v) is 32.1. The fourth-order valence-corrected chi connectivity index (χ4v) is 9.35. The van der Waals surface area contributed by atoms with Gasteiger partial charge in [-0.05, 0) is 148 Å². The molecule has 7 N–H and O–H groups in total. The molecular formula is C53H61N11O17S4. The summed E-state index contributed by atoms with van der Waals surface area (Å²) in [6, 6.07) is 28.4. The van der Waals surface area contributed by atoms with E-state index in [-0.39, 0.29) is 86.4 Å². The third kappa shape index (κ3) is 23.1. The molecule has 454 valence electrons. The van der Waals surface area contributed by atoms with Crippen LogP contribution in [0.5, 0.6) is 23.0 Å². The minimum absolute atomic E-state index is 0.00567. The molecule has 6 rings (SSSR count). The number of hydrazine groups is 1. The molecule has 0 fully saturated rings. The number of benzene rings is 6. The molecule has 0 radical (unpaired) electrons. The Bertz CT molecular complexity index is 3960. The number of anilines is 2. The van der Waals surface area contributed by atoms with E-state index >= 15 is 0 Å². The fraction of sp³-hybridized carbons (Fsp3) is 0.302. The molecule has 0 aliphatic heterocycles. The van der Waals surface area contributed by atoms with Crippen molar-refractivity contribution in [3.63, 3.8) is 0 Å². The molecule has 6 aromatic carbocycles. The molecule has 0 aromatic heterocycles. The summed E-state index contributed by atoms with van der Waals surface area (Å²) in [4.78, 5) is 14.1. The highest BCUT2D eigenvalue weighted by Crippen LogP contribution is 2.39. The third-order valence-corrected chi connectivity index (χ3v) is 14.8. The summed E-state index contributed by atoms with van der Waals surface area (Å²) < 4.78 is 150. The van der Waals surface area contributed by atoms with Crippen LogP contribution in [0.15, 0.2) is 150 Å². The Balaban J connectivity index is 1.19. The van der Waals surface area contributed by atoms with Crippen molar-refractivity contribution in [2.75, 3.05) is 59.8 Å². The van der Waals surface area contributed by atoms with Crippen molar-refractivity contribution >= 4 is 103 Å². The zero-order valence-corrected chi connectivity index (χ0v) is 49.5. The maximum Gasteiger partial charge on any atom is 0.340 e. The number of carbonyl (C=O) groups is 1. The molecule has 0 unspecified atom stereocenters. The minimum atomic E-state index is -4.35. The molecule has 0 saturated carbocycles. The quantitative estimate of drug-likeness (QED) is 0.00609. The van der Waals surface area contributed by atoms with Crippen molar-refractivity contribution in [3.8, 4) is 23.0 Å². The van der Waals surface area contributed by atoms with E-state index in [0.29, 0.717) is 67.9 Å². The SMILES string of the molecule is Cc1cc(N=Nc2cc(OCCCS(=O)(=O)O)c(NC(=O)N(N)c3cc(C)c(N=Nc4ccc(N=Nc5cccc(OCCCS(=O)(=O)O)c5)c(C)c4)cc3OCCCS(=O)(=O)O)cc2C)ccc1N=Nc1cccc(OCCCS(=O)(=O)O)c1. The van der Waals surface area contributed by atoms with E-state index < -0.39 is 69.5 Å². The van der Waals surface area contributed by atoms with Gasteiger partial charge >= 0.3 is 6.03 Å². The number of carbonyl (C=O) groups excluding carboxylic acids is 1. The van der Waals surface area contributed by atoms with E-state index in [9.17, 15) is 47.6 Å². The van der Waals surface area contributed by atoms with Gasteiger partial charge in [-0.3, -0.25) is 18.2 Å². The second-order valence-electron chi connectivity index (χ2n) is 18.7. The maximum absolute atomic E-state index is 14.1. The summed E-state index contributed by atoms with van der Waals surface area (Å²) in [5, 5.41) is 38.2. The number of ether oxygens (including phenoxy) is 4. The van der Waals surface area contributed by atoms with E-state index in [1.807, 2.05) is 0 Å². The van der Waals surface area contributed by atoms with Gasteiger partial charge in [-0.25, -0.2) is 15.6 Å². The zero-order chi connectivity index (χ0) is 62.0. The smallest absolute Gasteiger partial charge is 0.340 e. The molecule has 85 heavy (non-hydrogen) atoms. The first-order valence-electron chi connectivity index (χ1n) is 25.6. The van der Waals surface area contributed by atoms with Crippen LogP contribution in [0.4, 0.5) is 61.7 Å². The van der Waals surface area contributed by atoms with Crippen LogP contribution in [0.1, 0.15) is 47.9 Å². The number of azo groups is 4. The molecule has 6 aromatic rings. The van der Waals surface area contributed by atoms with E-state index in [2.05, 4.69) is 46.2 Å². The highest BCUT2D eigenvalue weighted by Gasteiger charge is 2.22. The Hall–Kier alpha value is -8.21. The largest absolute Gasteiger partial charge is 0.493 e. The summed E-state index contributed by atoms with van der Waals surface area (Å²) in [6.07, 6.45) is -0.106. The van der Waals surface area contributed by atoms with Gasteiger partial charge in [0.05, 0.1) is 101 Å². The summed E-state index contributed by atoms with van der Waals surface area (Å²) in [6.45, 7) is 6.55. The molecular weight excluding hydrogens is 1190 g/mol. The topological polar surface area (TPSA) is 412 Å². The fourth-order valence-electron chi connectivity index (χ4n) is 7.42. The number of nitrogens with one attached hydrogen (secondary N) is 1. The van der Waals surface area contributed by atoms with Gasteiger partial charge in [0.15, 0.2) is 0 Å². The number of urea groups is 1. The van der Waals surface area contributed by atoms with Crippen LogP contribution >= 0.6 is 0 Å². The lowest BCUT2D eigenvalue weighted by atomic mass is 10.1. The molecule has 32 heteroatoms. The highest BCUT2D eigenvalue weighted by atomic mass is 32.2. The number of hydrogen-bond donors (Lipinski definition) is 6. The number of aryl methyl sites for hydroxylation is 4. The Kier molecular flexibility index (Phi) is 23.3. The van der Waals surface area contributed by atoms with Crippen LogP contribution in [0.3, 0.4) is 0 Å². The molecule has 28 nitrogen and oxygen atoms in total. The van der Waals surface area contributed by atoms with Crippen LogP contribution in [0.2, 0.25) is 0 Å². The molecule has 0 saturated heterocycles. The molecule has 0 heterocycles. The van der Waals surface area contributed by atoms with Crippen molar-refractivity contribution < 1.29 is 75.6 Å². The van der Waals surface area contributed by atoms with Gasteiger partial charge in [0, 0.05) is 24.3 Å². The van der Waals surface area contributed by atoms with Gasteiger partial charge in [-0.2, -0.15) is 74.6 Å². The van der Waals surface area contributed by atoms with Gasteiger partial charge < -0.3 is 24.3 Å².